The highest BCUT2D eigenvalue weighted by Crippen LogP contribution is 2.34. The van der Waals surface area contributed by atoms with Gasteiger partial charge in [-0.2, -0.15) is 0 Å². The molecule has 0 bridgehead atoms. The molecule has 0 fully saturated rings. The number of nitrogens with one attached hydrogen (secondary N) is 1. The second kappa shape index (κ2) is 9.98. The summed E-state index contributed by atoms with van der Waals surface area (Å²) in [4.78, 5) is 12.3. The first-order chi connectivity index (χ1) is 11.1. The van der Waals surface area contributed by atoms with Crippen LogP contribution in [-0.4, -0.2) is 27.2 Å². The van der Waals surface area contributed by atoms with Crippen LogP contribution in [0.5, 0.6) is 17.2 Å². The summed E-state index contributed by atoms with van der Waals surface area (Å²) in [6, 6.07) is 3.61. The number of hydrogen-bond donors (Lipinski definition) is 1. The Morgan fingerprint density at radius 2 is 1.65 bits per heavy atom. The van der Waals surface area contributed by atoms with Gasteiger partial charge >= 0.3 is 0 Å². The van der Waals surface area contributed by atoms with Gasteiger partial charge in [0, 0.05) is 24.1 Å². The highest BCUT2D eigenvalue weighted by Gasteiger charge is 2.17. The predicted molar refractivity (Wildman–Crippen MR) is 91.3 cm³/mol. The Kier molecular flexibility index (Phi) is 8.30. The average Bonchev–Trinajstić information content (AvgIpc) is 2.59. The van der Waals surface area contributed by atoms with E-state index in [4.69, 9.17) is 14.2 Å². The molecule has 0 aliphatic carbocycles. The summed E-state index contributed by atoms with van der Waals surface area (Å²) in [6.45, 7) is 4.60. The van der Waals surface area contributed by atoms with E-state index in [0.29, 0.717) is 23.8 Å². The summed E-state index contributed by atoms with van der Waals surface area (Å²) < 4.78 is 16.0. The van der Waals surface area contributed by atoms with Gasteiger partial charge in [0.05, 0.1) is 21.3 Å². The Morgan fingerprint density at radius 1 is 1.04 bits per heavy atom. The van der Waals surface area contributed by atoms with Crippen molar-refractivity contribution in [3.05, 3.63) is 17.7 Å². The van der Waals surface area contributed by atoms with Crippen LogP contribution in [0.3, 0.4) is 0 Å². The SMILES string of the molecule is CCCCC(CC)C(=O)NCc1cc(OC)c(OC)cc1OC. The van der Waals surface area contributed by atoms with Gasteiger partial charge in [0.25, 0.3) is 0 Å². The van der Waals surface area contributed by atoms with Gasteiger partial charge in [0.2, 0.25) is 5.91 Å². The lowest BCUT2D eigenvalue weighted by molar-refractivity contribution is -0.125. The average molecular weight is 323 g/mol. The number of carbonyl (C=O) groups is 1. The zero-order valence-electron chi connectivity index (χ0n) is 14.9. The van der Waals surface area contributed by atoms with Gasteiger partial charge in [-0.25, -0.2) is 0 Å². The van der Waals surface area contributed by atoms with Crippen molar-refractivity contribution in [2.24, 2.45) is 5.92 Å². The fraction of sp³-hybridized carbons (Fsp3) is 0.611. The quantitative estimate of drug-likeness (QED) is 0.715. The Balaban J connectivity index is 2.81. The van der Waals surface area contributed by atoms with Crippen LogP contribution in [0.15, 0.2) is 12.1 Å². The molecule has 0 saturated carbocycles. The number of hydrogen-bond acceptors (Lipinski definition) is 4. The molecule has 0 aliphatic rings. The number of rotatable bonds is 10. The highest BCUT2D eigenvalue weighted by molar-refractivity contribution is 5.78. The first-order valence-corrected chi connectivity index (χ1v) is 8.17. The molecule has 1 aromatic rings. The summed E-state index contributed by atoms with van der Waals surface area (Å²) in [6.07, 6.45) is 3.97. The lowest BCUT2D eigenvalue weighted by atomic mass is 9.98. The molecule has 1 rings (SSSR count). The molecule has 0 aromatic heterocycles. The van der Waals surface area contributed by atoms with E-state index in [1.807, 2.05) is 6.07 Å². The maximum atomic E-state index is 12.3. The van der Waals surface area contributed by atoms with Gasteiger partial charge in [-0.1, -0.05) is 26.7 Å². The maximum Gasteiger partial charge on any atom is 0.223 e. The van der Waals surface area contributed by atoms with Crippen molar-refractivity contribution in [1.82, 2.24) is 5.32 Å². The third kappa shape index (κ3) is 5.34. The van der Waals surface area contributed by atoms with Crippen LogP contribution in [0.1, 0.15) is 45.1 Å². The zero-order valence-corrected chi connectivity index (χ0v) is 14.9. The van der Waals surface area contributed by atoms with Crippen LogP contribution in [0.2, 0.25) is 0 Å². The minimum absolute atomic E-state index is 0.0705. The molecule has 0 saturated heterocycles. The first kappa shape index (κ1) is 19.1. The van der Waals surface area contributed by atoms with Crippen molar-refractivity contribution < 1.29 is 19.0 Å². The van der Waals surface area contributed by atoms with Crippen LogP contribution in [0.25, 0.3) is 0 Å². The van der Waals surface area contributed by atoms with E-state index < -0.39 is 0 Å². The maximum absolute atomic E-state index is 12.3. The van der Waals surface area contributed by atoms with Gasteiger partial charge in [-0.3, -0.25) is 4.79 Å². The van der Waals surface area contributed by atoms with Crippen molar-refractivity contribution in [1.29, 1.82) is 0 Å². The minimum atomic E-state index is 0.0705. The molecule has 0 aliphatic heterocycles. The Hall–Kier alpha value is -1.91. The van der Waals surface area contributed by atoms with Crippen molar-refractivity contribution in [2.45, 2.75) is 46.1 Å². The topological polar surface area (TPSA) is 56.8 Å². The second-order valence-corrected chi connectivity index (χ2v) is 5.48. The fourth-order valence-electron chi connectivity index (χ4n) is 2.53. The normalized spacial score (nSPS) is 11.7. The first-order valence-electron chi connectivity index (χ1n) is 8.17. The molecule has 130 valence electrons. The molecule has 1 aromatic carbocycles. The molecular formula is C18H29NO4. The smallest absolute Gasteiger partial charge is 0.223 e. The monoisotopic (exact) mass is 323 g/mol. The molecule has 1 N–H and O–H groups in total. The van der Waals surface area contributed by atoms with E-state index in [2.05, 4.69) is 19.2 Å². The van der Waals surface area contributed by atoms with Crippen LogP contribution < -0.4 is 19.5 Å². The number of benzene rings is 1. The predicted octanol–water partition coefficient (Wildman–Crippen LogP) is 3.55. The largest absolute Gasteiger partial charge is 0.496 e. The van der Waals surface area contributed by atoms with Crippen LogP contribution >= 0.6 is 0 Å². The summed E-state index contributed by atoms with van der Waals surface area (Å²) >= 11 is 0. The molecule has 23 heavy (non-hydrogen) atoms. The highest BCUT2D eigenvalue weighted by atomic mass is 16.5. The van der Waals surface area contributed by atoms with Crippen LogP contribution in [0, 0.1) is 5.92 Å². The number of amides is 1. The summed E-state index contributed by atoms with van der Waals surface area (Å²) in [5.74, 6) is 2.06. The van der Waals surface area contributed by atoms with E-state index in [1.165, 1.54) is 0 Å². The van der Waals surface area contributed by atoms with Crippen molar-refractivity contribution >= 4 is 5.91 Å². The number of carbonyl (C=O) groups excluding carboxylic acids is 1. The van der Waals surface area contributed by atoms with Crippen molar-refractivity contribution in [3.8, 4) is 17.2 Å². The summed E-state index contributed by atoms with van der Waals surface area (Å²) in [5.41, 5.74) is 0.865. The molecule has 0 spiro atoms. The summed E-state index contributed by atoms with van der Waals surface area (Å²) in [7, 11) is 4.77. The zero-order chi connectivity index (χ0) is 17.2. The number of ether oxygens (including phenoxy) is 3. The number of methoxy groups -OCH3 is 3. The molecule has 5 heteroatoms. The van der Waals surface area contributed by atoms with Crippen LogP contribution in [-0.2, 0) is 11.3 Å². The van der Waals surface area contributed by atoms with Gasteiger partial charge < -0.3 is 19.5 Å². The fourth-order valence-corrected chi connectivity index (χ4v) is 2.53. The van der Waals surface area contributed by atoms with E-state index >= 15 is 0 Å². The van der Waals surface area contributed by atoms with E-state index in [9.17, 15) is 4.79 Å². The lowest BCUT2D eigenvalue weighted by Gasteiger charge is -2.17. The molecule has 5 nitrogen and oxygen atoms in total. The van der Waals surface area contributed by atoms with Gasteiger partial charge in [0.15, 0.2) is 11.5 Å². The standard InChI is InChI=1S/C18H29NO4/c1-6-8-9-13(7-2)18(20)19-12-14-10-16(22-4)17(23-5)11-15(14)21-3/h10-11,13H,6-9,12H2,1-5H3,(H,19,20). The molecule has 1 amide bonds. The molecule has 0 heterocycles. The van der Waals surface area contributed by atoms with E-state index in [1.54, 1.807) is 27.4 Å². The van der Waals surface area contributed by atoms with Gasteiger partial charge in [-0.15, -0.1) is 0 Å². The third-order valence-electron chi connectivity index (χ3n) is 4.01. The Bertz CT molecular complexity index is 502. The lowest BCUT2D eigenvalue weighted by Crippen LogP contribution is -2.30. The van der Waals surface area contributed by atoms with Gasteiger partial charge in [-0.05, 0) is 18.9 Å². The van der Waals surface area contributed by atoms with Crippen molar-refractivity contribution in [3.63, 3.8) is 0 Å². The minimum Gasteiger partial charge on any atom is -0.496 e. The van der Waals surface area contributed by atoms with E-state index in [0.717, 1.165) is 31.2 Å². The number of unbranched alkanes of at least 4 members (excludes halogenated alkanes) is 1. The van der Waals surface area contributed by atoms with Gasteiger partial charge in [0.1, 0.15) is 5.75 Å². The van der Waals surface area contributed by atoms with Crippen molar-refractivity contribution in [2.75, 3.05) is 21.3 Å². The Morgan fingerprint density at radius 3 is 2.17 bits per heavy atom. The molecular weight excluding hydrogens is 294 g/mol. The second-order valence-electron chi connectivity index (χ2n) is 5.48. The molecule has 0 radical (unpaired) electrons. The molecule has 1 atom stereocenters. The Labute approximate surface area is 139 Å². The van der Waals surface area contributed by atoms with E-state index in [-0.39, 0.29) is 11.8 Å². The van der Waals surface area contributed by atoms with Crippen LogP contribution in [0.4, 0.5) is 0 Å². The summed E-state index contributed by atoms with van der Waals surface area (Å²) in [5, 5.41) is 3.01. The molecule has 1 unspecified atom stereocenters. The third-order valence-corrected chi connectivity index (χ3v) is 4.01.